The summed E-state index contributed by atoms with van der Waals surface area (Å²) in [5.74, 6) is 0.384. The molecule has 0 saturated heterocycles. The Labute approximate surface area is 170 Å². The molecule has 1 unspecified atom stereocenters. The summed E-state index contributed by atoms with van der Waals surface area (Å²) >= 11 is 1.28. The highest BCUT2D eigenvalue weighted by molar-refractivity contribution is 8.00. The summed E-state index contributed by atoms with van der Waals surface area (Å²) in [6, 6.07) is 7.73. The molecule has 0 aliphatic carbocycles. The average Bonchev–Trinajstić information content (AvgIpc) is 3.11. The Kier molecular flexibility index (Phi) is 7.86. The van der Waals surface area contributed by atoms with Crippen LogP contribution in [0.1, 0.15) is 27.7 Å². The summed E-state index contributed by atoms with van der Waals surface area (Å²) < 4.78 is 1.97. The Balaban J connectivity index is 2.19. The third kappa shape index (κ3) is 5.03. The molecule has 0 radical (unpaired) electrons. The summed E-state index contributed by atoms with van der Waals surface area (Å²) in [6.45, 7) is 10.6. The number of rotatable bonds is 8. The molecule has 28 heavy (non-hydrogen) atoms. The summed E-state index contributed by atoms with van der Waals surface area (Å²) in [5.41, 5.74) is 2.14. The second-order valence-corrected chi connectivity index (χ2v) is 7.41. The minimum absolute atomic E-state index is 0.375. The van der Waals surface area contributed by atoms with Crippen LogP contribution in [0.4, 0.5) is 10.5 Å². The van der Waals surface area contributed by atoms with Crippen molar-refractivity contribution in [3.8, 4) is 11.4 Å². The van der Waals surface area contributed by atoms with Gasteiger partial charge >= 0.3 is 6.03 Å². The zero-order valence-corrected chi connectivity index (χ0v) is 17.8. The molecule has 152 valence electrons. The lowest BCUT2D eigenvalue weighted by Crippen LogP contribution is -2.41. The molecule has 1 aromatic carbocycles. The molecule has 0 aliphatic rings. The van der Waals surface area contributed by atoms with E-state index < -0.39 is 11.3 Å². The lowest BCUT2D eigenvalue weighted by Gasteiger charge is -2.21. The van der Waals surface area contributed by atoms with Crippen molar-refractivity contribution in [2.45, 2.75) is 44.6 Å². The summed E-state index contributed by atoms with van der Waals surface area (Å²) in [7, 11) is 1.46. The quantitative estimate of drug-likeness (QED) is 0.657. The van der Waals surface area contributed by atoms with Gasteiger partial charge in [0.15, 0.2) is 11.0 Å². The van der Waals surface area contributed by atoms with Crippen molar-refractivity contribution in [3.05, 3.63) is 24.3 Å². The van der Waals surface area contributed by atoms with E-state index >= 15 is 0 Å². The van der Waals surface area contributed by atoms with E-state index in [2.05, 4.69) is 51.7 Å². The molecule has 2 N–H and O–H groups in total. The number of benzene rings is 1. The van der Waals surface area contributed by atoms with Gasteiger partial charge in [-0.25, -0.2) is 4.79 Å². The number of imide groups is 1. The van der Waals surface area contributed by atoms with Crippen LogP contribution in [0, 0.1) is 0 Å². The van der Waals surface area contributed by atoms with E-state index in [1.807, 2.05) is 23.6 Å². The van der Waals surface area contributed by atoms with Crippen LogP contribution in [0.3, 0.4) is 0 Å². The van der Waals surface area contributed by atoms with Crippen LogP contribution >= 0.6 is 11.8 Å². The maximum atomic E-state index is 12.1. The number of hydrogen-bond donors (Lipinski definition) is 2. The smallest absolute Gasteiger partial charge is 0.321 e. The molecule has 0 saturated carbocycles. The van der Waals surface area contributed by atoms with Gasteiger partial charge in [-0.05, 0) is 52.0 Å². The topological polar surface area (TPSA) is 92.2 Å². The van der Waals surface area contributed by atoms with E-state index in [0.29, 0.717) is 11.7 Å². The first kappa shape index (κ1) is 21.7. The maximum absolute atomic E-state index is 12.1. The van der Waals surface area contributed by atoms with Gasteiger partial charge in [-0.2, -0.15) is 0 Å². The fraction of sp³-hybridized carbons (Fsp3) is 0.474. The van der Waals surface area contributed by atoms with Crippen LogP contribution in [0.5, 0.6) is 0 Å². The largest absolute Gasteiger partial charge is 0.372 e. The molecule has 0 bridgehead atoms. The first-order chi connectivity index (χ1) is 13.4. The molecule has 2 rings (SSSR count). The van der Waals surface area contributed by atoms with Crippen molar-refractivity contribution in [1.29, 1.82) is 0 Å². The van der Waals surface area contributed by atoms with Gasteiger partial charge < -0.3 is 14.8 Å². The van der Waals surface area contributed by atoms with Crippen molar-refractivity contribution in [1.82, 2.24) is 25.4 Å². The highest BCUT2D eigenvalue weighted by Crippen LogP contribution is 2.28. The number of anilines is 1. The third-order valence-electron chi connectivity index (χ3n) is 4.40. The van der Waals surface area contributed by atoms with Crippen molar-refractivity contribution >= 4 is 29.4 Å². The van der Waals surface area contributed by atoms with E-state index in [4.69, 9.17) is 0 Å². The normalized spacial score (nSPS) is 11.8. The predicted molar refractivity (Wildman–Crippen MR) is 113 cm³/mol. The first-order valence-corrected chi connectivity index (χ1v) is 10.3. The Hall–Kier alpha value is -2.55. The number of urea groups is 1. The van der Waals surface area contributed by atoms with Crippen LogP contribution in [0.15, 0.2) is 29.4 Å². The SMILES string of the molecule is CCN(CC)c1ccc(-c2nnc(SC(C)C(=O)NC(=O)NC)n2CC)cc1. The molecule has 3 amide bonds. The second kappa shape index (κ2) is 10.1. The van der Waals surface area contributed by atoms with E-state index in [0.717, 1.165) is 24.5 Å². The van der Waals surface area contributed by atoms with Crippen LogP contribution < -0.4 is 15.5 Å². The maximum Gasteiger partial charge on any atom is 0.321 e. The summed E-state index contributed by atoms with van der Waals surface area (Å²) in [6.07, 6.45) is 0. The summed E-state index contributed by atoms with van der Waals surface area (Å²) in [5, 5.41) is 13.4. The monoisotopic (exact) mass is 404 g/mol. The fourth-order valence-corrected chi connectivity index (χ4v) is 3.69. The number of aromatic nitrogens is 3. The number of carbonyl (C=O) groups is 2. The van der Waals surface area contributed by atoms with Gasteiger partial charge in [0.2, 0.25) is 5.91 Å². The lowest BCUT2D eigenvalue weighted by molar-refractivity contribution is -0.119. The Morgan fingerprint density at radius 2 is 1.79 bits per heavy atom. The van der Waals surface area contributed by atoms with Crippen LogP contribution in [-0.2, 0) is 11.3 Å². The molecule has 0 aliphatic heterocycles. The van der Waals surface area contributed by atoms with E-state index in [9.17, 15) is 9.59 Å². The first-order valence-electron chi connectivity index (χ1n) is 9.42. The van der Waals surface area contributed by atoms with Gasteiger partial charge in [-0.15, -0.1) is 10.2 Å². The van der Waals surface area contributed by atoms with Gasteiger partial charge in [0.25, 0.3) is 0 Å². The van der Waals surface area contributed by atoms with Gasteiger partial charge in [-0.3, -0.25) is 10.1 Å². The second-order valence-electron chi connectivity index (χ2n) is 6.10. The Morgan fingerprint density at radius 1 is 1.14 bits per heavy atom. The number of carbonyl (C=O) groups excluding carboxylic acids is 2. The van der Waals surface area contributed by atoms with Crippen molar-refractivity contribution in [2.75, 3.05) is 25.0 Å². The number of amides is 3. The molecule has 1 aromatic heterocycles. The van der Waals surface area contributed by atoms with Crippen molar-refractivity contribution < 1.29 is 9.59 Å². The van der Waals surface area contributed by atoms with E-state index in [-0.39, 0.29) is 5.91 Å². The lowest BCUT2D eigenvalue weighted by atomic mass is 10.2. The molecule has 2 aromatic rings. The fourth-order valence-electron chi connectivity index (χ4n) is 2.77. The minimum atomic E-state index is -0.525. The zero-order valence-electron chi connectivity index (χ0n) is 17.0. The molecule has 1 atom stereocenters. The molecular formula is C19H28N6O2S. The number of thioether (sulfide) groups is 1. The molecule has 0 spiro atoms. The molecule has 9 heteroatoms. The molecular weight excluding hydrogens is 376 g/mol. The minimum Gasteiger partial charge on any atom is -0.372 e. The van der Waals surface area contributed by atoms with Crippen LogP contribution in [0.2, 0.25) is 0 Å². The Bertz CT molecular complexity index is 801. The zero-order chi connectivity index (χ0) is 20.7. The number of nitrogens with one attached hydrogen (secondary N) is 2. The number of nitrogens with zero attached hydrogens (tertiary/aromatic N) is 4. The van der Waals surface area contributed by atoms with Crippen LogP contribution in [-0.4, -0.2) is 52.1 Å². The van der Waals surface area contributed by atoms with Crippen molar-refractivity contribution in [2.24, 2.45) is 0 Å². The summed E-state index contributed by atoms with van der Waals surface area (Å²) in [4.78, 5) is 25.7. The molecule has 0 fully saturated rings. The number of hydrogen-bond acceptors (Lipinski definition) is 6. The molecule has 1 heterocycles. The molecule has 8 nitrogen and oxygen atoms in total. The average molecular weight is 405 g/mol. The highest BCUT2D eigenvalue weighted by atomic mass is 32.2. The van der Waals surface area contributed by atoms with Gasteiger partial charge in [-0.1, -0.05) is 11.8 Å². The van der Waals surface area contributed by atoms with Gasteiger partial charge in [0.05, 0.1) is 5.25 Å². The van der Waals surface area contributed by atoms with Gasteiger partial charge in [0.1, 0.15) is 0 Å². The van der Waals surface area contributed by atoms with Crippen LogP contribution in [0.25, 0.3) is 11.4 Å². The third-order valence-corrected chi connectivity index (χ3v) is 5.48. The Morgan fingerprint density at radius 3 is 2.32 bits per heavy atom. The van der Waals surface area contributed by atoms with E-state index in [1.165, 1.54) is 24.5 Å². The predicted octanol–water partition coefficient (Wildman–Crippen LogP) is 2.75. The van der Waals surface area contributed by atoms with Crippen molar-refractivity contribution in [3.63, 3.8) is 0 Å². The highest BCUT2D eigenvalue weighted by Gasteiger charge is 2.21. The van der Waals surface area contributed by atoms with Gasteiger partial charge in [0, 0.05) is 37.9 Å². The standard InChI is InChI=1S/C19H28N6O2S/c1-6-24(7-2)15-11-9-14(10-12-15)16-22-23-19(25(16)8-3)28-13(4)17(26)21-18(27)20-5/h9-13H,6-8H2,1-5H3,(H2,20,21,26,27). The van der Waals surface area contributed by atoms with E-state index in [1.54, 1.807) is 6.92 Å².